The predicted octanol–water partition coefficient (Wildman–Crippen LogP) is 9.11. The Balaban J connectivity index is 1.53. The Labute approximate surface area is 237 Å². The molecule has 3 atom stereocenters. The first-order chi connectivity index (χ1) is 18.4. The Morgan fingerprint density at radius 1 is 0.846 bits per heavy atom. The standard InChI is InChI=1S/C35H52O4/c1-23(2)12-9-13-24(3)14-10-15-25(4)16-11-20-35(8)21-19-30-28(7)33(26(5)27(6)34(30)39-35)38-32-22-29(36)17-18-31(32)37/h17-18,22-25H,9-16,19-21H2,1-8H3. The molecular formula is C35H52O4. The molecule has 0 N–H and O–H groups in total. The van der Waals surface area contributed by atoms with Gasteiger partial charge in [-0.1, -0.05) is 72.6 Å². The normalized spacial score (nSPS) is 20.5. The van der Waals surface area contributed by atoms with Crippen LogP contribution in [0.3, 0.4) is 0 Å². The van der Waals surface area contributed by atoms with Crippen molar-refractivity contribution in [3.05, 3.63) is 46.2 Å². The lowest BCUT2D eigenvalue weighted by Crippen LogP contribution is -2.37. The third-order valence-electron chi connectivity index (χ3n) is 8.97. The molecule has 0 saturated carbocycles. The number of hydrogen-bond donors (Lipinski definition) is 0. The monoisotopic (exact) mass is 536 g/mol. The Morgan fingerprint density at radius 2 is 1.46 bits per heavy atom. The number of rotatable bonds is 14. The van der Waals surface area contributed by atoms with E-state index < -0.39 is 0 Å². The summed E-state index contributed by atoms with van der Waals surface area (Å²) in [5.41, 5.74) is 4.00. The quantitative estimate of drug-likeness (QED) is 0.222. The fraction of sp³-hybridized carbons (Fsp3) is 0.657. The lowest BCUT2D eigenvalue weighted by Gasteiger charge is -2.38. The number of carbonyl (C=O) groups excluding carboxylic acids is 2. The van der Waals surface area contributed by atoms with Crippen LogP contribution in [0, 0.1) is 38.5 Å². The molecule has 1 aliphatic carbocycles. The zero-order valence-corrected chi connectivity index (χ0v) is 25.9. The van der Waals surface area contributed by atoms with Gasteiger partial charge in [-0.05, 0) is 100.0 Å². The third-order valence-corrected chi connectivity index (χ3v) is 8.97. The number of carbonyl (C=O) groups is 2. The summed E-state index contributed by atoms with van der Waals surface area (Å²) in [6.07, 6.45) is 17.4. The van der Waals surface area contributed by atoms with Gasteiger partial charge < -0.3 is 9.47 Å². The summed E-state index contributed by atoms with van der Waals surface area (Å²) >= 11 is 0. The van der Waals surface area contributed by atoms with Gasteiger partial charge in [-0.2, -0.15) is 0 Å². The molecule has 1 aliphatic heterocycles. The minimum absolute atomic E-state index is 0.0873. The van der Waals surface area contributed by atoms with E-state index in [1.807, 2.05) is 13.8 Å². The predicted molar refractivity (Wildman–Crippen MR) is 161 cm³/mol. The molecule has 216 valence electrons. The summed E-state index contributed by atoms with van der Waals surface area (Å²) in [4.78, 5) is 24.1. The van der Waals surface area contributed by atoms with E-state index in [0.717, 1.165) is 65.0 Å². The Kier molecular flexibility index (Phi) is 11.0. The van der Waals surface area contributed by atoms with Crippen molar-refractivity contribution in [1.82, 2.24) is 0 Å². The molecule has 1 aromatic carbocycles. The summed E-state index contributed by atoms with van der Waals surface area (Å²) in [7, 11) is 0. The van der Waals surface area contributed by atoms with Crippen molar-refractivity contribution in [2.24, 2.45) is 17.8 Å². The zero-order chi connectivity index (χ0) is 28.7. The van der Waals surface area contributed by atoms with Gasteiger partial charge in [-0.25, -0.2) is 0 Å². The highest BCUT2D eigenvalue weighted by Gasteiger charge is 2.35. The van der Waals surface area contributed by atoms with Crippen molar-refractivity contribution in [2.45, 2.75) is 132 Å². The number of fused-ring (bicyclic) bond motifs is 1. The van der Waals surface area contributed by atoms with E-state index in [1.54, 1.807) is 0 Å². The summed E-state index contributed by atoms with van der Waals surface area (Å²) in [6, 6.07) is 0. The second kappa shape index (κ2) is 13.8. The van der Waals surface area contributed by atoms with Crippen LogP contribution in [-0.2, 0) is 16.0 Å². The molecule has 0 radical (unpaired) electrons. The minimum atomic E-state index is -0.280. The van der Waals surface area contributed by atoms with Gasteiger partial charge in [0, 0.05) is 11.6 Å². The molecule has 4 nitrogen and oxygen atoms in total. The number of benzene rings is 1. The lowest BCUT2D eigenvalue weighted by molar-refractivity contribution is -0.116. The van der Waals surface area contributed by atoms with Gasteiger partial charge in [0.15, 0.2) is 11.5 Å². The van der Waals surface area contributed by atoms with Crippen LogP contribution in [0.4, 0.5) is 0 Å². The molecule has 0 aromatic heterocycles. The second-order valence-electron chi connectivity index (χ2n) is 13.1. The van der Waals surface area contributed by atoms with Crippen molar-refractivity contribution >= 4 is 11.6 Å². The Bertz CT molecular complexity index is 1090. The molecule has 1 heterocycles. The van der Waals surface area contributed by atoms with E-state index in [1.165, 1.54) is 69.6 Å². The van der Waals surface area contributed by atoms with Gasteiger partial charge in [0.1, 0.15) is 17.1 Å². The molecule has 0 fully saturated rings. The molecule has 0 bridgehead atoms. The molecule has 0 saturated heterocycles. The first-order valence-corrected chi connectivity index (χ1v) is 15.4. The number of ether oxygens (including phenoxy) is 2. The first kappa shape index (κ1) is 31.2. The molecule has 2 aliphatic rings. The molecule has 3 unspecified atom stereocenters. The second-order valence-corrected chi connectivity index (χ2v) is 13.1. The highest BCUT2D eigenvalue weighted by molar-refractivity contribution is 6.16. The highest BCUT2D eigenvalue weighted by Crippen LogP contribution is 2.45. The van der Waals surface area contributed by atoms with Gasteiger partial charge in [0.25, 0.3) is 0 Å². The largest absolute Gasteiger partial charge is 0.487 e. The average molecular weight is 537 g/mol. The highest BCUT2D eigenvalue weighted by atomic mass is 16.5. The van der Waals surface area contributed by atoms with E-state index in [-0.39, 0.29) is 22.9 Å². The average Bonchev–Trinajstić information content (AvgIpc) is 2.87. The fourth-order valence-corrected chi connectivity index (χ4v) is 6.09. The topological polar surface area (TPSA) is 52.6 Å². The van der Waals surface area contributed by atoms with Crippen molar-refractivity contribution in [2.75, 3.05) is 0 Å². The van der Waals surface area contributed by atoms with Gasteiger partial charge in [-0.3, -0.25) is 9.59 Å². The summed E-state index contributed by atoms with van der Waals surface area (Å²) in [5, 5.41) is 0. The Morgan fingerprint density at radius 3 is 2.10 bits per heavy atom. The number of hydrogen-bond acceptors (Lipinski definition) is 4. The molecule has 3 rings (SSSR count). The molecule has 4 heteroatoms. The first-order valence-electron chi connectivity index (χ1n) is 15.4. The third kappa shape index (κ3) is 8.56. The van der Waals surface area contributed by atoms with Crippen LogP contribution in [0.15, 0.2) is 24.0 Å². The van der Waals surface area contributed by atoms with Crippen molar-refractivity contribution in [3.8, 4) is 11.5 Å². The number of ketones is 2. The van der Waals surface area contributed by atoms with Crippen LogP contribution in [0.5, 0.6) is 11.5 Å². The van der Waals surface area contributed by atoms with Gasteiger partial charge in [-0.15, -0.1) is 0 Å². The van der Waals surface area contributed by atoms with Crippen LogP contribution in [-0.4, -0.2) is 17.2 Å². The van der Waals surface area contributed by atoms with Crippen LogP contribution >= 0.6 is 0 Å². The maximum atomic E-state index is 12.3. The zero-order valence-electron chi connectivity index (χ0n) is 25.9. The minimum Gasteiger partial charge on any atom is -0.487 e. The van der Waals surface area contributed by atoms with E-state index in [4.69, 9.17) is 9.47 Å². The maximum Gasteiger partial charge on any atom is 0.221 e. The van der Waals surface area contributed by atoms with Crippen molar-refractivity contribution in [1.29, 1.82) is 0 Å². The van der Waals surface area contributed by atoms with Gasteiger partial charge in [0.2, 0.25) is 5.78 Å². The van der Waals surface area contributed by atoms with Gasteiger partial charge in [0.05, 0.1) is 0 Å². The van der Waals surface area contributed by atoms with E-state index in [9.17, 15) is 9.59 Å². The van der Waals surface area contributed by atoms with E-state index in [0.29, 0.717) is 5.75 Å². The molecular weight excluding hydrogens is 484 g/mol. The van der Waals surface area contributed by atoms with Crippen molar-refractivity contribution in [3.63, 3.8) is 0 Å². The summed E-state index contributed by atoms with van der Waals surface area (Å²) in [6.45, 7) is 17.9. The molecule has 1 aromatic rings. The smallest absolute Gasteiger partial charge is 0.221 e. The Hall–Kier alpha value is -2.36. The van der Waals surface area contributed by atoms with Crippen LogP contribution in [0.2, 0.25) is 0 Å². The SMILES string of the molecule is Cc1c(C)c2c(c(C)c1OC1=CC(=O)C=CC1=O)CCC(C)(CCCC(C)CCCC(C)CCCC(C)C)O2. The fourth-order valence-electron chi connectivity index (χ4n) is 6.09. The number of allylic oxidation sites excluding steroid dienone is 3. The summed E-state index contributed by atoms with van der Waals surface area (Å²) in [5.74, 6) is 3.67. The van der Waals surface area contributed by atoms with Crippen molar-refractivity contribution < 1.29 is 19.1 Å². The van der Waals surface area contributed by atoms with Gasteiger partial charge >= 0.3 is 0 Å². The molecule has 0 amide bonds. The van der Waals surface area contributed by atoms with E-state index >= 15 is 0 Å². The maximum absolute atomic E-state index is 12.3. The van der Waals surface area contributed by atoms with E-state index in [2.05, 4.69) is 41.5 Å². The molecule has 0 spiro atoms. The van der Waals surface area contributed by atoms with Crippen LogP contribution in [0.25, 0.3) is 0 Å². The molecule has 39 heavy (non-hydrogen) atoms. The van der Waals surface area contributed by atoms with Crippen LogP contribution in [0.1, 0.15) is 121 Å². The van der Waals surface area contributed by atoms with Crippen LogP contribution < -0.4 is 9.47 Å². The lowest BCUT2D eigenvalue weighted by atomic mass is 9.83. The summed E-state index contributed by atoms with van der Waals surface area (Å²) < 4.78 is 12.8.